The number of nitrogens with one attached hydrogen (secondary N) is 2. The van der Waals surface area contributed by atoms with Gasteiger partial charge >= 0.3 is 0 Å². The molecule has 0 aliphatic carbocycles. The number of amides is 1. The molecule has 0 spiro atoms. The Bertz CT molecular complexity index is 747. The van der Waals surface area contributed by atoms with E-state index in [2.05, 4.69) is 27.9 Å². The molecule has 7 nitrogen and oxygen atoms in total. The molecule has 3 atom stereocenters. The van der Waals surface area contributed by atoms with E-state index >= 15 is 0 Å². The van der Waals surface area contributed by atoms with E-state index in [1.807, 2.05) is 35.2 Å². The molecule has 2 aliphatic heterocycles. The van der Waals surface area contributed by atoms with E-state index in [1.165, 1.54) is 0 Å². The molecule has 0 saturated carbocycles. The Labute approximate surface area is 153 Å². The van der Waals surface area contributed by atoms with Gasteiger partial charge in [-0.1, -0.05) is 48.8 Å². The molecule has 138 valence electrons. The van der Waals surface area contributed by atoms with E-state index in [4.69, 9.17) is 4.52 Å². The average molecular weight is 355 g/mol. The van der Waals surface area contributed by atoms with Crippen LogP contribution in [0.4, 0.5) is 0 Å². The standard InChI is InChI=1S/C19H25N5O2/c1-2-7-15-14(12-20-22-15)19(25)24-11-6-10-16(24)18-21-17(23-26-18)13-8-4-3-5-9-13/h3-5,8-9,14-16,20,22H,2,6-7,10-12H2,1H3. The highest BCUT2D eigenvalue weighted by atomic mass is 16.5. The molecule has 2 N–H and O–H groups in total. The van der Waals surface area contributed by atoms with Gasteiger partial charge < -0.3 is 9.42 Å². The van der Waals surface area contributed by atoms with Crippen LogP contribution in [-0.2, 0) is 4.79 Å². The van der Waals surface area contributed by atoms with Crippen molar-refractivity contribution in [1.82, 2.24) is 25.9 Å². The van der Waals surface area contributed by atoms with Crippen molar-refractivity contribution in [3.05, 3.63) is 36.2 Å². The largest absolute Gasteiger partial charge is 0.337 e. The Morgan fingerprint density at radius 3 is 3.00 bits per heavy atom. The van der Waals surface area contributed by atoms with E-state index in [-0.39, 0.29) is 23.9 Å². The van der Waals surface area contributed by atoms with Crippen LogP contribution in [0, 0.1) is 5.92 Å². The molecular formula is C19H25N5O2. The van der Waals surface area contributed by atoms with Crippen molar-refractivity contribution >= 4 is 5.91 Å². The minimum atomic E-state index is -0.115. The topological polar surface area (TPSA) is 83.3 Å². The Hall–Kier alpha value is -2.25. The molecule has 0 bridgehead atoms. The number of nitrogens with zero attached hydrogens (tertiary/aromatic N) is 3. The lowest BCUT2D eigenvalue weighted by Crippen LogP contribution is -2.42. The molecule has 3 unspecified atom stereocenters. The maximum atomic E-state index is 13.1. The van der Waals surface area contributed by atoms with E-state index in [0.717, 1.165) is 37.8 Å². The second-order valence-electron chi connectivity index (χ2n) is 7.04. The van der Waals surface area contributed by atoms with E-state index in [9.17, 15) is 4.79 Å². The summed E-state index contributed by atoms with van der Waals surface area (Å²) in [6.45, 7) is 3.57. The van der Waals surface area contributed by atoms with Gasteiger partial charge in [0.2, 0.25) is 17.6 Å². The van der Waals surface area contributed by atoms with Crippen LogP contribution in [0.15, 0.2) is 34.9 Å². The molecule has 2 aliphatic rings. The maximum absolute atomic E-state index is 13.1. The van der Waals surface area contributed by atoms with Gasteiger partial charge in [-0.15, -0.1) is 0 Å². The van der Waals surface area contributed by atoms with Crippen LogP contribution in [0.3, 0.4) is 0 Å². The molecular weight excluding hydrogens is 330 g/mol. The summed E-state index contributed by atoms with van der Waals surface area (Å²) in [5.74, 6) is 1.27. The van der Waals surface area contributed by atoms with Crippen molar-refractivity contribution in [1.29, 1.82) is 0 Å². The van der Waals surface area contributed by atoms with Gasteiger partial charge in [-0.3, -0.25) is 15.6 Å². The third kappa shape index (κ3) is 3.24. The summed E-state index contributed by atoms with van der Waals surface area (Å²) in [5.41, 5.74) is 7.31. The minimum Gasteiger partial charge on any atom is -0.337 e. The number of aromatic nitrogens is 2. The van der Waals surface area contributed by atoms with Gasteiger partial charge in [0.05, 0.1) is 5.92 Å². The predicted molar refractivity (Wildman–Crippen MR) is 96.7 cm³/mol. The fraction of sp³-hybridized carbons (Fsp3) is 0.526. The number of rotatable bonds is 5. The molecule has 2 aromatic rings. The van der Waals surface area contributed by atoms with Crippen LogP contribution in [0.1, 0.15) is 44.5 Å². The summed E-state index contributed by atoms with van der Waals surface area (Å²) >= 11 is 0. The van der Waals surface area contributed by atoms with Crippen LogP contribution >= 0.6 is 0 Å². The Morgan fingerprint density at radius 2 is 2.19 bits per heavy atom. The molecule has 1 amide bonds. The lowest BCUT2D eigenvalue weighted by atomic mass is 9.96. The fourth-order valence-corrected chi connectivity index (χ4v) is 3.96. The first-order valence-corrected chi connectivity index (χ1v) is 9.46. The number of hydrogen-bond donors (Lipinski definition) is 2. The van der Waals surface area contributed by atoms with Gasteiger partial charge in [0.25, 0.3) is 0 Å². The predicted octanol–water partition coefficient (Wildman–Crippen LogP) is 2.29. The van der Waals surface area contributed by atoms with Gasteiger partial charge in [-0.2, -0.15) is 4.98 Å². The Kier molecular flexibility index (Phi) is 4.99. The van der Waals surface area contributed by atoms with Crippen molar-refractivity contribution < 1.29 is 9.32 Å². The van der Waals surface area contributed by atoms with Crippen LogP contribution in [-0.4, -0.2) is 40.1 Å². The van der Waals surface area contributed by atoms with Crippen LogP contribution in [0.5, 0.6) is 0 Å². The fourth-order valence-electron chi connectivity index (χ4n) is 3.96. The first-order chi connectivity index (χ1) is 12.8. The zero-order valence-corrected chi connectivity index (χ0v) is 15.0. The smallest absolute Gasteiger partial charge is 0.249 e. The van der Waals surface area contributed by atoms with Crippen molar-refractivity contribution in [3.63, 3.8) is 0 Å². The van der Waals surface area contributed by atoms with Crippen molar-refractivity contribution in [2.24, 2.45) is 5.92 Å². The molecule has 7 heteroatoms. The van der Waals surface area contributed by atoms with Crippen LogP contribution < -0.4 is 10.9 Å². The Balaban J connectivity index is 1.52. The molecule has 3 heterocycles. The van der Waals surface area contributed by atoms with Gasteiger partial charge in [-0.05, 0) is 19.3 Å². The van der Waals surface area contributed by atoms with Crippen molar-refractivity contribution in [3.8, 4) is 11.4 Å². The highest BCUT2D eigenvalue weighted by Crippen LogP contribution is 2.34. The Morgan fingerprint density at radius 1 is 1.35 bits per heavy atom. The van der Waals surface area contributed by atoms with Gasteiger partial charge in [0.15, 0.2) is 0 Å². The molecule has 0 radical (unpaired) electrons. The van der Waals surface area contributed by atoms with Crippen molar-refractivity contribution in [2.45, 2.75) is 44.7 Å². The lowest BCUT2D eigenvalue weighted by Gasteiger charge is -2.27. The normalized spacial score (nSPS) is 25.7. The second-order valence-corrected chi connectivity index (χ2v) is 7.04. The number of hydrazine groups is 1. The summed E-state index contributed by atoms with van der Waals surface area (Å²) < 4.78 is 5.53. The SMILES string of the molecule is CCCC1NNCC1C(=O)N1CCCC1c1nc(-c2ccccc2)no1. The summed E-state index contributed by atoms with van der Waals surface area (Å²) in [7, 11) is 0. The molecule has 2 saturated heterocycles. The lowest BCUT2D eigenvalue weighted by molar-refractivity contribution is -0.136. The summed E-state index contributed by atoms with van der Waals surface area (Å²) in [6.07, 6.45) is 3.87. The molecule has 2 fully saturated rings. The van der Waals surface area contributed by atoms with Crippen LogP contribution in [0.25, 0.3) is 11.4 Å². The molecule has 26 heavy (non-hydrogen) atoms. The van der Waals surface area contributed by atoms with E-state index in [0.29, 0.717) is 18.3 Å². The number of carbonyl (C=O) groups is 1. The highest BCUT2D eigenvalue weighted by molar-refractivity contribution is 5.81. The number of hydrogen-bond acceptors (Lipinski definition) is 6. The minimum absolute atomic E-state index is 0.0351. The summed E-state index contributed by atoms with van der Waals surface area (Å²) in [5, 5.41) is 4.12. The third-order valence-electron chi connectivity index (χ3n) is 5.31. The van der Waals surface area contributed by atoms with Gasteiger partial charge in [0, 0.05) is 24.7 Å². The summed E-state index contributed by atoms with van der Waals surface area (Å²) in [6, 6.07) is 9.84. The molecule has 1 aromatic carbocycles. The first-order valence-electron chi connectivity index (χ1n) is 9.46. The number of likely N-dealkylation sites (tertiary alicyclic amines) is 1. The third-order valence-corrected chi connectivity index (χ3v) is 5.31. The van der Waals surface area contributed by atoms with Crippen molar-refractivity contribution in [2.75, 3.05) is 13.1 Å². The quantitative estimate of drug-likeness (QED) is 0.856. The second kappa shape index (κ2) is 7.55. The first kappa shape index (κ1) is 17.2. The van der Waals surface area contributed by atoms with E-state index in [1.54, 1.807) is 0 Å². The van der Waals surface area contributed by atoms with Gasteiger partial charge in [0.1, 0.15) is 6.04 Å². The maximum Gasteiger partial charge on any atom is 0.249 e. The molecule has 1 aromatic heterocycles. The number of carbonyl (C=O) groups excluding carboxylic acids is 1. The summed E-state index contributed by atoms with van der Waals surface area (Å²) in [4.78, 5) is 19.7. The highest BCUT2D eigenvalue weighted by Gasteiger charge is 2.41. The monoisotopic (exact) mass is 355 g/mol. The molecule has 4 rings (SSSR count). The zero-order valence-electron chi connectivity index (χ0n) is 15.0. The van der Waals surface area contributed by atoms with E-state index < -0.39 is 0 Å². The average Bonchev–Trinajstić information content (AvgIpc) is 3.42. The van der Waals surface area contributed by atoms with Gasteiger partial charge in [-0.25, -0.2) is 0 Å². The zero-order chi connectivity index (χ0) is 17.9. The number of benzene rings is 1. The van der Waals surface area contributed by atoms with Crippen LogP contribution in [0.2, 0.25) is 0 Å².